The van der Waals surface area contributed by atoms with Crippen LogP contribution in [0.1, 0.15) is 16.1 Å². The minimum Gasteiger partial charge on any atom is -0.497 e. The Morgan fingerprint density at radius 1 is 1.15 bits per heavy atom. The van der Waals surface area contributed by atoms with E-state index in [9.17, 15) is 4.79 Å². The number of rotatable bonds is 7. The fourth-order valence-corrected chi connectivity index (χ4v) is 3.65. The van der Waals surface area contributed by atoms with Gasteiger partial charge in [0.1, 0.15) is 10.8 Å². The lowest BCUT2D eigenvalue weighted by molar-refractivity contribution is -0.120. The predicted molar refractivity (Wildman–Crippen MR) is 103 cm³/mol. The molecule has 3 rings (SSSR count). The van der Waals surface area contributed by atoms with E-state index in [0.29, 0.717) is 13.0 Å². The molecule has 0 atom stereocenters. The van der Waals surface area contributed by atoms with Crippen molar-refractivity contribution in [3.05, 3.63) is 64.9 Å². The lowest BCUT2D eigenvalue weighted by Gasteiger charge is -2.06. The molecular weight excluding hydrogens is 346 g/mol. The number of nitrogens with one attached hydrogen (secondary N) is 1. The van der Waals surface area contributed by atoms with Gasteiger partial charge in [-0.1, -0.05) is 12.1 Å². The summed E-state index contributed by atoms with van der Waals surface area (Å²) in [6.45, 7) is 2.61. The first kappa shape index (κ1) is 18.1. The number of carbonyl (C=O) groups excluding carboxylic acids is 1. The van der Waals surface area contributed by atoms with Crippen LogP contribution in [0.4, 0.5) is 0 Å². The summed E-state index contributed by atoms with van der Waals surface area (Å²) >= 11 is 1.67. The normalized spacial score (nSPS) is 10.5. The first-order chi connectivity index (χ1) is 12.7. The van der Waals surface area contributed by atoms with E-state index in [1.165, 1.54) is 4.88 Å². The number of thiazole rings is 1. The average molecular weight is 367 g/mol. The van der Waals surface area contributed by atoms with Crippen LogP contribution in [-0.2, 0) is 17.6 Å². The van der Waals surface area contributed by atoms with Crippen LogP contribution in [0.2, 0.25) is 0 Å². The molecule has 1 N–H and O–H groups in total. The summed E-state index contributed by atoms with van der Waals surface area (Å²) in [5, 5.41) is 3.97. The van der Waals surface area contributed by atoms with E-state index in [1.807, 2.05) is 43.3 Å². The number of aryl methyl sites for hydroxylation is 1. The van der Waals surface area contributed by atoms with E-state index >= 15 is 0 Å². The number of pyridine rings is 1. The smallest absolute Gasteiger partial charge is 0.224 e. The van der Waals surface area contributed by atoms with Crippen LogP contribution in [0.15, 0.2) is 48.8 Å². The molecular formula is C20H21N3O2S. The number of hydrogen-bond donors (Lipinski definition) is 1. The molecule has 6 heteroatoms. The van der Waals surface area contributed by atoms with Crippen molar-refractivity contribution in [1.29, 1.82) is 0 Å². The molecule has 0 bridgehead atoms. The van der Waals surface area contributed by atoms with Crippen molar-refractivity contribution < 1.29 is 9.53 Å². The third-order valence-corrected chi connectivity index (χ3v) is 5.28. The summed E-state index contributed by atoms with van der Waals surface area (Å²) in [5.41, 5.74) is 3.06. The van der Waals surface area contributed by atoms with Gasteiger partial charge in [-0.3, -0.25) is 9.78 Å². The van der Waals surface area contributed by atoms with Crippen molar-refractivity contribution in [2.75, 3.05) is 13.7 Å². The number of ether oxygens (including phenoxy) is 1. The predicted octanol–water partition coefficient (Wildman–Crippen LogP) is 3.42. The molecule has 0 aliphatic carbocycles. The monoisotopic (exact) mass is 367 g/mol. The third-order valence-electron chi connectivity index (χ3n) is 4.02. The van der Waals surface area contributed by atoms with Gasteiger partial charge < -0.3 is 10.1 Å². The summed E-state index contributed by atoms with van der Waals surface area (Å²) in [5.74, 6) is 0.812. The Bertz CT molecular complexity index is 861. The topological polar surface area (TPSA) is 64.1 Å². The third kappa shape index (κ3) is 4.67. The molecule has 0 radical (unpaired) electrons. The Morgan fingerprint density at radius 3 is 2.58 bits per heavy atom. The highest BCUT2D eigenvalue weighted by Crippen LogP contribution is 2.27. The van der Waals surface area contributed by atoms with Crippen LogP contribution in [0.3, 0.4) is 0 Å². The molecule has 0 spiro atoms. The SMILES string of the molecule is COc1ccc(CC(=O)NCCc2sc(-c3ccncc3)nc2C)cc1. The van der Waals surface area contributed by atoms with E-state index in [-0.39, 0.29) is 5.91 Å². The fourth-order valence-electron chi connectivity index (χ4n) is 2.58. The number of aromatic nitrogens is 2. The lowest BCUT2D eigenvalue weighted by atomic mass is 10.1. The highest BCUT2D eigenvalue weighted by molar-refractivity contribution is 7.15. The van der Waals surface area contributed by atoms with E-state index in [0.717, 1.165) is 34.0 Å². The molecule has 5 nitrogen and oxygen atoms in total. The van der Waals surface area contributed by atoms with Crippen molar-refractivity contribution >= 4 is 17.2 Å². The van der Waals surface area contributed by atoms with Crippen LogP contribution in [0.25, 0.3) is 10.6 Å². The molecule has 0 fully saturated rings. The Kier molecular flexibility index (Phi) is 5.96. The van der Waals surface area contributed by atoms with Gasteiger partial charge in [-0.05, 0) is 36.8 Å². The van der Waals surface area contributed by atoms with Crippen LogP contribution in [-0.4, -0.2) is 29.5 Å². The zero-order valence-corrected chi connectivity index (χ0v) is 15.7. The summed E-state index contributed by atoms with van der Waals surface area (Å²) in [4.78, 5) is 22.0. The van der Waals surface area contributed by atoms with Crippen molar-refractivity contribution in [1.82, 2.24) is 15.3 Å². The number of hydrogen-bond acceptors (Lipinski definition) is 5. The Morgan fingerprint density at radius 2 is 1.88 bits per heavy atom. The van der Waals surface area contributed by atoms with Crippen LogP contribution in [0.5, 0.6) is 5.75 Å². The first-order valence-electron chi connectivity index (χ1n) is 8.42. The molecule has 26 heavy (non-hydrogen) atoms. The molecule has 2 heterocycles. The maximum atomic E-state index is 12.1. The summed E-state index contributed by atoms with van der Waals surface area (Å²) in [7, 11) is 1.63. The van der Waals surface area contributed by atoms with Crippen LogP contribution < -0.4 is 10.1 Å². The molecule has 0 aliphatic heterocycles. The Hall–Kier alpha value is -2.73. The van der Waals surface area contributed by atoms with Gasteiger partial charge in [0.15, 0.2) is 0 Å². The van der Waals surface area contributed by atoms with Gasteiger partial charge in [-0.15, -0.1) is 11.3 Å². The maximum Gasteiger partial charge on any atom is 0.224 e. The molecule has 3 aromatic rings. The molecule has 0 aliphatic rings. The average Bonchev–Trinajstić information content (AvgIpc) is 3.04. The highest BCUT2D eigenvalue weighted by atomic mass is 32.1. The second kappa shape index (κ2) is 8.58. The minimum atomic E-state index is 0.0201. The van der Waals surface area contributed by atoms with Crippen molar-refractivity contribution in [3.8, 4) is 16.3 Å². The Labute approximate surface area is 157 Å². The highest BCUT2D eigenvalue weighted by Gasteiger charge is 2.10. The van der Waals surface area contributed by atoms with E-state index in [1.54, 1.807) is 30.8 Å². The number of methoxy groups -OCH3 is 1. The largest absolute Gasteiger partial charge is 0.497 e. The van der Waals surface area contributed by atoms with E-state index in [4.69, 9.17) is 4.74 Å². The van der Waals surface area contributed by atoms with E-state index < -0.39 is 0 Å². The zero-order chi connectivity index (χ0) is 18.4. The van der Waals surface area contributed by atoms with Crippen molar-refractivity contribution in [2.24, 2.45) is 0 Å². The molecule has 1 amide bonds. The quantitative estimate of drug-likeness (QED) is 0.695. The van der Waals surface area contributed by atoms with E-state index in [2.05, 4.69) is 15.3 Å². The van der Waals surface area contributed by atoms with Gasteiger partial charge in [0.2, 0.25) is 5.91 Å². The summed E-state index contributed by atoms with van der Waals surface area (Å²) < 4.78 is 5.12. The first-order valence-corrected chi connectivity index (χ1v) is 9.23. The van der Waals surface area contributed by atoms with Gasteiger partial charge in [-0.25, -0.2) is 4.98 Å². The van der Waals surface area contributed by atoms with Crippen LogP contribution >= 0.6 is 11.3 Å². The zero-order valence-electron chi connectivity index (χ0n) is 14.9. The van der Waals surface area contributed by atoms with Crippen molar-refractivity contribution in [3.63, 3.8) is 0 Å². The van der Waals surface area contributed by atoms with Crippen molar-refractivity contribution in [2.45, 2.75) is 19.8 Å². The van der Waals surface area contributed by atoms with Gasteiger partial charge in [0.05, 0.1) is 19.2 Å². The molecule has 0 saturated heterocycles. The second-order valence-corrected chi connectivity index (χ2v) is 6.97. The standard InChI is InChI=1S/C20H21N3O2S/c1-14-18(26-20(23-14)16-7-10-21-11-8-16)9-12-22-19(24)13-15-3-5-17(25-2)6-4-15/h3-8,10-11H,9,12-13H2,1-2H3,(H,22,24). The summed E-state index contributed by atoms with van der Waals surface area (Å²) in [6, 6.07) is 11.5. The van der Waals surface area contributed by atoms with Gasteiger partial charge >= 0.3 is 0 Å². The maximum absolute atomic E-state index is 12.1. The molecule has 1 aromatic carbocycles. The lowest BCUT2D eigenvalue weighted by Crippen LogP contribution is -2.27. The van der Waals surface area contributed by atoms with Gasteiger partial charge in [-0.2, -0.15) is 0 Å². The molecule has 0 unspecified atom stereocenters. The molecule has 0 saturated carbocycles. The van der Waals surface area contributed by atoms with Crippen LogP contribution in [0, 0.1) is 6.92 Å². The number of nitrogens with zero attached hydrogens (tertiary/aromatic N) is 2. The van der Waals surface area contributed by atoms with Gasteiger partial charge in [0, 0.05) is 35.8 Å². The number of amides is 1. The summed E-state index contributed by atoms with van der Waals surface area (Å²) in [6.07, 6.45) is 4.69. The molecule has 134 valence electrons. The second-order valence-electron chi connectivity index (χ2n) is 5.89. The molecule has 2 aromatic heterocycles. The minimum absolute atomic E-state index is 0.0201. The fraction of sp³-hybridized carbons (Fsp3) is 0.250. The Balaban J connectivity index is 1.51. The number of benzene rings is 1. The number of carbonyl (C=O) groups is 1. The van der Waals surface area contributed by atoms with Gasteiger partial charge in [0.25, 0.3) is 0 Å².